The highest BCUT2D eigenvalue weighted by atomic mass is 16.2. The smallest absolute Gasteiger partial charge is 0.282 e. The Hall–Kier alpha value is -2.21. The summed E-state index contributed by atoms with van der Waals surface area (Å²) >= 11 is 0. The third-order valence-corrected chi connectivity index (χ3v) is 3.72. The van der Waals surface area contributed by atoms with Crippen LogP contribution in [0.2, 0.25) is 0 Å². The number of quaternary nitrogens is 1. The van der Waals surface area contributed by atoms with E-state index in [1.165, 1.54) is 6.92 Å². The van der Waals surface area contributed by atoms with Gasteiger partial charge in [-0.3, -0.25) is 14.4 Å². The van der Waals surface area contributed by atoms with Crippen LogP contribution in [0.3, 0.4) is 0 Å². The lowest BCUT2D eigenvalue weighted by molar-refractivity contribution is -0.907. The Morgan fingerprint density at radius 2 is 1.95 bits per heavy atom. The number of nitrogens with one attached hydrogen (secondary N) is 3. The summed E-state index contributed by atoms with van der Waals surface area (Å²) in [6.07, 6.45) is 0. The van der Waals surface area contributed by atoms with Crippen molar-refractivity contribution in [1.82, 2.24) is 5.32 Å². The third-order valence-electron chi connectivity index (χ3n) is 3.72. The van der Waals surface area contributed by atoms with Gasteiger partial charge >= 0.3 is 0 Å². The molecular formula is C15H20N3O3+. The molecule has 1 aromatic carbocycles. The first kappa shape index (κ1) is 15.2. The monoisotopic (exact) mass is 290 g/mol. The van der Waals surface area contributed by atoms with Crippen LogP contribution in [0.15, 0.2) is 24.3 Å². The number of ketones is 1. The lowest BCUT2D eigenvalue weighted by Crippen LogP contribution is -3.19. The van der Waals surface area contributed by atoms with E-state index in [-0.39, 0.29) is 23.6 Å². The molecule has 0 bridgehead atoms. The zero-order chi connectivity index (χ0) is 15.4. The standard InChI is InChI=1S/C15H19N3O3/c1-10(18-8-7-16-14(20)9-18)15(21)17-13-5-3-12(4-6-13)11(2)19/h3-6,10H,7-9H2,1-2H3,(H,16,20)(H,17,21)/p+1/t10-/m1/s1. The van der Waals surface area contributed by atoms with Gasteiger partial charge in [0.15, 0.2) is 18.4 Å². The average molecular weight is 290 g/mol. The molecule has 1 saturated heterocycles. The maximum Gasteiger partial charge on any atom is 0.282 e. The summed E-state index contributed by atoms with van der Waals surface area (Å²) < 4.78 is 0. The van der Waals surface area contributed by atoms with Gasteiger partial charge in [-0.25, -0.2) is 0 Å². The summed E-state index contributed by atoms with van der Waals surface area (Å²) in [7, 11) is 0. The molecule has 2 amide bonds. The van der Waals surface area contributed by atoms with E-state index in [9.17, 15) is 14.4 Å². The summed E-state index contributed by atoms with van der Waals surface area (Å²) in [5.74, 6) is -0.165. The minimum atomic E-state index is -0.302. The van der Waals surface area contributed by atoms with Gasteiger partial charge in [-0.1, -0.05) is 0 Å². The molecule has 1 aromatic rings. The van der Waals surface area contributed by atoms with Gasteiger partial charge in [0, 0.05) is 11.3 Å². The van der Waals surface area contributed by atoms with E-state index in [1.807, 2.05) is 6.92 Å². The number of carbonyl (C=O) groups is 3. The minimum absolute atomic E-state index is 0.00924. The first-order valence-electron chi connectivity index (χ1n) is 7.00. The summed E-state index contributed by atoms with van der Waals surface area (Å²) in [6, 6.07) is 6.48. The molecule has 6 heteroatoms. The highest BCUT2D eigenvalue weighted by molar-refractivity contribution is 5.96. The van der Waals surface area contributed by atoms with Crippen molar-refractivity contribution in [2.75, 3.05) is 25.0 Å². The van der Waals surface area contributed by atoms with Crippen molar-refractivity contribution >= 4 is 23.3 Å². The van der Waals surface area contributed by atoms with Gasteiger partial charge in [-0.15, -0.1) is 0 Å². The highest BCUT2D eigenvalue weighted by Crippen LogP contribution is 2.10. The van der Waals surface area contributed by atoms with Crippen LogP contribution in [0.1, 0.15) is 24.2 Å². The number of Topliss-reactive ketones (excluding diaryl/α,β-unsaturated/α-hetero) is 1. The number of hydrogen-bond donors (Lipinski definition) is 3. The molecule has 0 aliphatic carbocycles. The number of anilines is 1. The lowest BCUT2D eigenvalue weighted by Gasteiger charge is -2.28. The second-order valence-electron chi connectivity index (χ2n) is 5.28. The van der Waals surface area contributed by atoms with Crippen molar-refractivity contribution in [2.45, 2.75) is 19.9 Å². The van der Waals surface area contributed by atoms with Gasteiger partial charge in [0.25, 0.3) is 11.8 Å². The second kappa shape index (κ2) is 6.49. The Bertz CT molecular complexity index is 554. The van der Waals surface area contributed by atoms with Gasteiger partial charge in [0.1, 0.15) is 0 Å². The molecule has 0 saturated carbocycles. The third kappa shape index (κ3) is 3.88. The molecular weight excluding hydrogens is 270 g/mol. The number of benzene rings is 1. The zero-order valence-corrected chi connectivity index (χ0v) is 12.2. The maximum atomic E-state index is 12.2. The van der Waals surface area contributed by atoms with E-state index in [4.69, 9.17) is 0 Å². The predicted molar refractivity (Wildman–Crippen MR) is 78.2 cm³/mol. The largest absolute Gasteiger partial charge is 0.346 e. The molecule has 0 aromatic heterocycles. The fraction of sp³-hybridized carbons (Fsp3) is 0.400. The van der Waals surface area contributed by atoms with Crippen LogP contribution in [0.25, 0.3) is 0 Å². The summed E-state index contributed by atoms with van der Waals surface area (Å²) in [4.78, 5) is 35.7. The average Bonchev–Trinajstić information content (AvgIpc) is 2.47. The Morgan fingerprint density at radius 3 is 2.52 bits per heavy atom. The molecule has 3 N–H and O–H groups in total. The van der Waals surface area contributed by atoms with E-state index in [0.29, 0.717) is 24.3 Å². The Kier molecular flexibility index (Phi) is 4.70. The molecule has 1 unspecified atom stereocenters. The van der Waals surface area contributed by atoms with E-state index in [0.717, 1.165) is 11.4 Å². The molecule has 1 fully saturated rings. The Labute approximate surface area is 123 Å². The molecule has 21 heavy (non-hydrogen) atoms. The molecule has 1 heterocycles. The molecule has 2 rings (SSSR count). The number of amides is 2. The van der Waals surface area contributed by atoms with Crippen LogP contribution in [0.4, 0.5) is 5.69 Å². The Morgan fingerprint density at radius 1 is 1.29 bits per heavy atom. The molecule has 1 aliphatic heterocycles. The van der Waals surface area contributed by atoms with Gasteiger partial charge < -0.3 is 15.5 Å². The first-order valence-corrected chi connectivity index (χ1v) is 7.00. The lowest BCUT2D eigenvalue weighted by atomic mass is 10.1. The van der Waals surface area contributed by atoms with Crippen LogP contribution in [-0.2, 0) is 9.59 Å². The zero-order valence-electron chi connectivity index (χ0n) is 12.2. The van der Waals surface area contributed by atoms with Crippen molar-refractivity contribution in [2.24, 2.45) is 0 Å². The number of piperazine rings is 1. The van der Waals surface area contributed by atoms with Crippen molar-refractivity contribution in [3.8, 4) is 0 Å². The molecule has 6 nitrogen and oxygen atoms in total. The molecule has 112 valence electrons. The number of hydrogen-bond acceptors (Lipinski definition) is 3. The second-order valence-corrected chi connectivity index (χ2v) is 5.28. The van der Waals surface area contributed by atoms with Crippen LogP contribution < -0.4 is 15.5 Å². The van der Waals surface area contributed by atoms with E-state index < -0.39 is 0 Å². The van der Waals surface area contributed by atoms with Crippen LogP contribution in [0, 0.1) is 0 Å². The van der Waals surface area contributed by atoms with Crippen LogP contribution >= 0.6 is 0 Å². The Balaban J connectivity index is 1.96. The SMILES string of the molecule is CC(=O)c1ccc(NC(=O)[C@@H](C)[NH+]2CCNC(=O)C2)cc1. The van der Waals surface area contributed by atoms with Crippen molar-refractivity contribution in [3.05, 3.63) is 29.8 Å². The number of rotatable bonds is 4. The predicted octanol–water partition coefficient (Wildman–Crippen LogP) is -0.769. The maximum absolute atomic E-state index is 12.2. The highest BCUT2D eigenvalue weighted by Gasteiger charge is 2.29. The molecule has 1 aliphatic rings. The van der Waals surface area contributed by atoms with Gasteiger partial charge in [-0.05, 0) is 38.1 Å². The van der Waals surface area contributed by atoms with Gasteiger partial charge in [0.2, 0.25) is 0 Å². The summed E-state index contributed by atoms with van der Waals surface area (Å²) in [5, 5.41) is 5.57. The van der Waals surface area contributed by atoms with E-state index in [2.05, 4.69) is 10.6 Å². The van der Waals surface area contributed by atoms with Crippen molar-refractivity contribution in [1.29, 1.82) is 0 Å². The van der Waals surface area contributed by atoms with Crippen LogP contribution in [0.5, 0.6) is 0 Å². The molecule has 0 spiro atoms. The molecule has 2 atom stereocenters. The number of carbonyl (C=O) groups excluding carboxylic acids is 3. The topological polar surface area (TPSA) is 79.7 Å². The van der Waals surface area contributed by atoms with Gasteiger partial charge in [-0.2, -0.15) is 0 Å². The summed E-state index contributed by atoms with van der Waals surface area (Å²) in [5.41, 5.74) is 1.26. The van der Waals surface area contributed by atoms with Crippen molar-refractivity contribution in [3.63, 3.8) is 0 Å². The first-order chi connectivity index (χ1) is 9.97. The van der Waals surface area contributed by atoms with E-state index in [1.54, 1.807) is 24.3 Å². The molecule has 0 radical (unpaired) electrons. The van der Waals surface area contributed by atoms with Gasteiger partial charge in [0.05, 0.1) is 13.1 Å². The summed E-state index contributed by atoms with van der Waals surface area (Å²) in [6.45, 7) is 4.97. The van der Waals surface area contributed by atoms with Crippen LogP contribution in [-0.4, -0.2) is 43.3 Å². The quantitative estimate of drug-likeness (QED) is 0.637. The van der Waals surface area contributed by atoms with Crippen molar-refractivity contribution < 1.29 is 19.3 Å². The minimum Gasteiger partial charge on any atom is -0.346 e. The fourth-order valence-corrected chi connectivity index (χ4v) is 2.31. The fourth-order valence-electron chi connectivity index (χ4n) is 2.31. The van der Waals surface area contributed by atoms with E-state index >= 15 is 0 Å². The normalized spacial score (nSPS) is 19.5.